The summed E-state index contributed by atoms with van der Waals surface area (Å²) in [7, 11) is 0. The molecule has 1 heterocycles. The molecule has 218 valence electrons. The number of nitrogens with zero attached hydrogens (tertiary/aromatic N) is 2. The predicted octanol–water partition coefficient (Wildman–Crippen LogP) is 9.42. The van der Waals surface area contributed by atoms with E-state index in [2.05, 4.69) is 60.5 Å². The van der Waals surface area contributed by atoms with Crippen LogP contribution in [0.4, 0.5) is 5.69 Å². The third kappa shape index (κ3) is 11.8. The number of amides is 1. The molecule has 0 saturated carbocycles. The summed E-state index contributed by atoms with van der Waals surface area (Å²) in [4.78, 5) is 16.2. The quantitative estimate of drug-likeness (QED) is 0.101. The van der Waals surface area contributed by atoms with Gasteiger partial charge in [0.05, 0.1) is 18.0 Å². The molecule has 1 aromatic heterocycles. The second-order valence-corrected chi connectivity index (χ2v) is 12.1. The third-order valence-electron chi connectivity index (χ3n) is 7.42. The first-order valence-electron chi connectivity index (χ1n) is 15.6. The Balaban J connectivity index is 1.42. The van der Waals surface area contributed by atoms with E-state index < -0.39 is 0 Å². The summed E-state index contributed by atoms with van der Waals surface area (Å²) >= 11 is 1.75. The number of hydrogen-bond donors (Lipinski definition) is 0. The summed E-state index contributed by atoms with van der Waals surface area (Å²) in [6, 6.07) is 16.6. The Bertz CT molecular complexity index is 1130. The molecule has 4 nitrogen and oxygen atoms in total. The summed E-state index contributed by atoms with van der Waals surface area (Å²) < 4.78 is 8.29. The van der Waals surface area contributed by atoms with Gasteiger partial charge in [0.25, 0.3) is 0 Å². The van der Waals surface area contributed by atoms with Crippen molar-refractivity contribution in [1.29, 1.82) is 0 Å². The number of carbonyl (C=O) groups excluding carboxylic acids is 1. The number of rotatable bonds is 20. The number of anilines is 1. The maximum Gasteiger partial charge on any atom is 0.227 e. The van der Waals surface area contributed by atoms with E-state index in [1.807, 2.05) is 30.0 Å². The first-order chi connectivity index (χ1) is 19.6. The number of aryl methyl sites for hydroxylation is 1. The molecule has 40 heavy (non-hydrogen) atoms. The molecule has 3 aromatic rings. The van der Waals surface area contributed by atoms with Gasteiger partial charge in [-0.3, -0.25) is 4.79 Å². The van der Waals surface area contributed by atoms with E-state index in [-0.39, 0.29) is 5.91 Å². The molecule has 3 rings (SSSR count). The van der Waals surface area contributed by atoms with Crippen molar-refractivity contribution in [2.45, 2.75) is 117 Å². The lowest BCUT2D eigenvalue weighted by Gasteiger charge is -2.23. The van der Waals surface area contributed by atoms with Crippen LogP contribution >= 0.6 is 11.3 Å². The SMILES string of the molecule is CCCCCCCCCCCCCCOc1cccc(CN(C(=O)CC)c2cccc(C[n+]3csc(C)c3)c2)c1. The topological polar surface area (TPSA) is 33.4 Å². The number of ether oxygens (including phenoxy) is 1. The van der Waals surface area contributed by atoms with E-state index in [9.17, 15) is 4.79 Å². The van der Waals surface area contributed by atoms with Crippen LogP contribution in [0.1, 0.15) is 113 Å². The number of hydrogen-bond acceptors (Lipinski definition) is 3. The summed E-state index contributed by atoms with van der Waals surface area (Å²) in [6.07, 6.45) is 18.8. The molecule has 0 spiro atoms. The molecule has 0 aliphatic carbocycles. The van der Waals surface area contributed by atoms with Gasteiger partial charge in [0.15, 0.2) is 12.7 Å². The zero-order valence-electron chi connectivity index (χ0n) is 25.2. The zero-order valence-corrected chi connectivity index (χ0v) is 26.0. The average Bonchev–Trinajstić information content (AvgIpc) is 3.38. The van der Waals surface area contributed by atoms with Gasteiger partial charge in [-0.15, -0.1) is 0 Å². The lowest BCUT2D eigenvalue weighted by Crippen LogP contribution is -2.32. The number of unbranched alkanes of at least 4 members (excludes halogenated alkanes) is 11. The van der Waals surface area contributed by atoms with Crippen LogP contribution in [0.3, 0.4) is 0 Å². The largest absolute Gasteiger partial charge is 0.494 e. The Morgan fingerprint density at radius 3 is 2.12 bits per heavy atom. The minimum Gasteiger partial charge on any atom is -0.494 e. The molecule has 0 N–H and O–H groups in total. The van der Waals surface area contributed by atoms with Gasteiger partial charge < -0.3 is 9.64 Å². The van der Waals surface area contributed by atoms with Crippen molar-refractivity contribution < 1.29 is 14.1 Å². The smallest absolute Gasteiger partial charge is 0.227 e. The summed E-state index contributed by atoms with van der Waals surface area (Å²) in [5, 5.41) is 0. The Hall–Kier alpha value is -2.66. The second-order valence-electron chi connectivity index (χ2n) is 11.0. The molecule has 0 atom stereocenters. The van der Waals surface area contributed by atoms with Crippen LogP contribution in [-0.4, -0.2) is 12.5 Å². The second kappa shape index (κ2) is 18.6. The molecule has 1 amide bonds. The molecule has 0 unspecified atom stereocenters. The standard InChI is InChI=1S/C35H51N2O2S/c1-4-6-7-8-9-10-11-12-13-14-15-16-23-39-34-22-18-20-32(25-34)28-37(35(38)5-2)33-21-17-19-31(24-33)27-36-26-30(3)40-29-36/h17-22,24-26,29H,4-16,23,27-28H2,1-3H3/q+1. The Labute approximate surface area is 247 Å². The fourth-order valence-electron chi connectivity index (χ4n) is 5.13. The molecule has 0 saturated heterocycles. The van der Waals surface area contributed by atoms with Gasteiger partial charge in [0, 0.05) is 17.7 Å². The van der Waals surface area contributed by atoms with Gasteiger partial charge in [-0.1, -0.05) is 120 Å². The molecule has 0 bridgehead atoms. The number of aromatic nitrogens is 1. The van der Waals surface area contributed by atoms with Crippen LogP contribution in [0.15, 0.2) is 60.2 Å². The lowest BCUT2D eigenvalue weighted by atomic mass is 10.1. The van der Waals surface area contributed by atoms with Crippen molar-refractivity contribution in [2.24, 2.45) is 0 Å². The van der Waals surface area contributed by atoms with Crippen molar-refractivity contribution in [1.82, 2.24) is 0 Å². The highest BCUT2D eigenvalue weighted by molar-refractivity contribution is 7.09. The molecule has 0 aliphatic heterocycles. The molecule has 2 aromatic carbocycles. The van der Waals surface area contributed by atoms with Crippen molar-refractivity contribution in [3.63, 3.8) is 0 Å². The van der Waals surface area contributed by atoms with E-state index in [4.69, 9.17) is 4.74 Å². The highest BCUT2D eigenvalue weighted by Crippen LogP contribution is 2.23. The van der Waals surface area contributed by atoms with Gasteiger partial charge >= 0.3 is 0 Å². The van der Waals surface area contributed by atoms with Gasteiger partial charge in [-0.25, -0.2) is 0 Å². The first-order valence-corrected chi connectivity index (χ1v) is 16.5. The van der Waals surface area contributed by atoms with Gasteiger partial charge in [-0.05, 0) is 43.2 Å². The summed E-state index contributed by atoms with van der Waals surface area (Å²) in [6.45, 7) is 8.42. The van der Waals surface area contributed by atoms with Crippen molar-refractivity contribution in [2.75, 3.05) is 11.5 Å². The van der Waals surface area contributed by atoms with Crippen LogP contribution in [-0.2, 0) is 17.9 Å². The fourth-order valence-corrected chi connectivity index (χ4v) is 5.76. The van der Waals surface area contributed by atoms with Crippen molar-refractivity contribution in [3.05, 3.63) is 76.2 Å². The molecule has 0 fully saturated rings. The predicted molar refractivity (Wildman–Crippen MR) is 169 cm³/mol. The Kier molecular flexibility index (Phi) is 14.9. The highest BCUT2D eigenvalue weighted by atomic mass is 32.1. The lowest BCUT2D eigenvalue weighted by molar-refractivity contribution is -0.683. The normalized spacial score (nSPS) is 11.1. The van der Waals surface area contributed by atoms with E-state index in [1.165, 1.54) is 81.1 Å². The minimum atomic E-state index is 0.124. The van der Waals surface area contributed by atoms with E-state index in [0.717, 1.165) is 36.6 Å². The summed E-state index contributed by atoms with van der Waals surface area (Å²) in [5.74, 6) is 1.02. The van der Waals surface area contributed by atoms with Crippen molar-refractivity contribution >= 4 is 22.9 Å². The fraction of sp³-hybridized carbons (Fsp3) is 0.543. The van der Waals surface area contributed by atoms with Gasteiger partial charge in [0.1, 0.15) is 5.75 Å². The van der Waals surface area contributed by atoms with E-state index in [1.54, 1.807) is 11.3 Å². The Morgan fingerprint density at radius 2 is 1.48 bits per heavy atom. The molecular weight excluding hydrogens is 512 g/mol. The van der Waals surface area contributed by atoms with Crippen LogP contribution in [0, 0.1) is 6.92 Å². The molecular formula is C35H51N2O2S+. The van der Waals surface area contributed by atoms with E-state index in [0.29, 0.717) is 13.0 Å². The van der Waals surface area contributed by atoms with Crippen LogP contribution < -0.4 is 14.2 Å². The number of thiazole rings is 1. The van der Waals surface area contributed by atoms with Gasteiger partial charge in [0.2, 0.25) is 11.4 Å². The maximum atomic E-state index is 13.0. The average molecular weight is 564 g/mol. The maximum absolute atomic E-state index is 13.0. The van der Waals surface area contributed by atoms with Crippen LogP contribution in [0.25, 0.3) is 0 Å². The van der Waals surface area contributed by atoms with Crippen molar-refractivity contribution in [3.8, 4) is 5.75 Å². The van der Waals surface area contributed by atoms with Gasteiger partial charge in [-0.2, -0.15) is 4.57 Å². The molecule has 5 heteroatoms. The monoisotopic (exact) mass is 563 g/mol. The number of benzene rings is 2. The van der Waals surface area contributed by atoms with Crippen LogP contribution in [0.5, 0.6) is 5.75 Å². The zero-order chi connectivity index (χ0) is 28.4. The third-order valence-corrected chi connectivity index (χ3v) is 8.27. The van der Waals surface area contributed by atoms with Crippen LogP contribution in [0.2, 0.25) is 0 Å². The van der Waals surface area contributed by atoms with E-state index >= 15 is 0 Å². The summed E-state index contributed by atoms with van der Waals surface area (Å²) in [5.41, 5.74) is 5.36. The number of carbonyl (C=O) groups is 1. The Morgan fingerprint density at radius 1 is 0.825 bits per heavy atom. The minimum absolute atomic E-state index is 0.124. The highest BCUT2D eigenvalue weighted by Gasteiger charge is 2.16. The molecule has 0 radical (unpaired) electrons. The molecule has 0 aliphatic rings. The first kappa shape index (κ1) is 31.9.